The van der Waals surface area contributed by atoms with Gasteiger partial charge in [-0.1, -0.05) is 30.3 Å². The van der Waals surface area contributed by atoms with E-state index in [-0.39, 0.29) is 11.6 Å². The lowest BCUT2D eigenvalue weighted by atomic mass is 10.1. The number of carbonyl (C=O) groups is 1. The van der Waals surface area contributed by atoms with E-state index in [0.29, 0.717) is 5.69 Å². The third-order valence-corrected chi connectivity index (χ3v) is 3.06. The lowest BCUT2D eigenvalue weighted by Crippen LogP contribution is -2.12. The summed E-state index contributed by atoms with van der Waals surface area (Å²) in [6.07, 6.45) is 0. The Morgan fingerprint density at radius 1 is 1.20 bits per heavy atom. The van der Waals surface area contributed by atoms with Gasteiger partial charge >= 0.3 is 5.97 Å². The maximum absolute atomic E-state index is 13.3. The number of halogens is 1. The van der Waals surface area contributed by atoms with Crippen molar-refractivity contribution in [2.75, 3.05) is 12.4 Å². The van der Waals surface area contributed by atoms with E-state index in [9.17, 15) is 9.18 Å². The summed E-state index contributed by atoms with van der Waals surface area (Å²) < 4.78 is 17.9. The third-order valence-electron chi connectivity index (χ3n) is 3.06. The molecule has 2 aromatic carbocycles. The van der Waals surface area contributed by atoms with E-state index in [1.165, 1.54) is 19.2 Å². The summed E-state index contributed by atoms with van der Waals surface area (Å²) >= 11 is 0. The van der Waals surface area contributed by atoms with Gasteiger partial charge in [-0.25, -0.2) is 9.18 Å². The van der Waals surface area contributed by atoms with Crippen molar-refractivity contribution in [2.24, 2.45) is 0 Å². The van der Waals surface area contributed by atoms with Gasteiger partial charge in [0.05, 0.1) is 12.7 Å². The number of hydrogen-bond acceptors (Lipinski definition) is 3. The number of anilines is 1. The molecule has 0 aromatic heterocycles. The molecule has 0 saturated heterocycles. The molecule has 0 heterocycles. The fourth-order valence-electron chi connectivity index (χ4n) is 1.98. The molecule has 0 bridgehead atoms. The van der Waals surface area contributed by atoms with Crippen LogP contribution in [0.4, 0.5) is 10.1 Å². The standard InChI is InChI=1S/C16H16FNO2/c1-11(12-6-4-3-5-7-12)18-15-9-8-13(17)10-14(15)16(19)20-2/h3-11,18H,1-2H3. The van der Waals surface area contributed by atoms with E-state index in [0.717, 1.165) is 5.56 Å². The molecule has 104 valence electrons. The molecule has 2 aromatic rings. The van der Waals surface area contributed by atoms with Gasteiger partial charge in [0.2, 0.25) is 0 Å². The first-order chi connectivity index (χ1) is 9.61. The summed E-state index contributed by atoms with van der Waals surface area (Å²) in [6.45, 7) is 1.97. The number of benzene rings is 2. The minimum Gasteiger partial charge on any atom is -0.465 e. The van der Waals surface area contributed by atoms with Crippen LogP contribution in [0.25, 0.3) is 0 Å². The van der Waals surface area contributed by atoms with Crippen LogP contribution in [-0.4, -0.2) is 13.1 Å². The molecule has 0 spiro atoms. The number of hydrogen-bond donors (Lipinski definition) is 1. The van der Waals surface area contributed by atoms with Crippen molar-refractivity contribution in [1.82, 2.24) is 0 Å². The Morgan fingerprint density at radius 3 is 2.55 bits per heavy atom. The van der Waals surface area contributed by atoms with Crippen molar-refractivity contribution in [2.45, 2.75) is 13.0 Å². The molecule has 0 aliphatic carbocycles. The molecule has 0 aliphatic rings. The van der Waals surface area contributed by atoms with Crippen LogP contribution in [0.2, 0.25) is 0 Å². The molecule has 1 atom stereocenters. The lowest BCUT2D eigenvalue weighted by molar-refractivity contribution is 0.0601. The number of carbonyl (C=O) groups excluding carboxylic acids is 1. The van der Waals surface area contributed by atoms with Crippen molar-refractivity contribution < 1.29 is 13.9 Å². The highest BCUT2D eigenvalue weighted by atomic mass is 19.1. The first-order valence-electron chi connectivity index (χ1n) is 6.31. The van der Waals surface area contributed by atoms with Gasteiger partial charge in [0, 0.05) is 11.7 Å². The molecule has 1 N–H and O–H groups in total. The zero-order valence-electron chi connectivity index (χ0n) is 11.4. The Labute approximate surface area is 117 Å². The summed E-state index contributed by atoms with van der Waals surface area (Å²) in [5.74, 6) is -1.03. The van der Waals surface area contributed by atoms with Crippen LogP contribution < -0.4 is 5.32 Å². The van der Waals surface area contributed by atoms with Crippen LogP contribution in [0.5, 0.6) is 0 Å². The van der Waals surface area contributed by atoms with E-state index in [1.54, 1.807) is 6.07 Å². The van der Waals surface area contributed by atoms with Crippen LogP contribution >= 0.6 is 0 Å². The molecule has 0 amide bonds. The molecule has 0 aliphatic heterocycles. The number of nitrogens with one attached hydrogen (secondary N) is 1. The average molecular weight is 273 g/mol. The molecular weight excluding hydrogens is 257 g/mol. The van der Waals surface area contributed by atoms with Gasteiger partial charge in [-0.2, -0.15) is 0 Å². The second-order valence-electron chi connectivity index (χ2n) is 4.46. The normalized spacial score (nSPS) is 11.8. The number of methoxy groups -OCH3 is 1. The zero-order valence-corrected chi connectivity index (χ0v) is 11.4. The predicted octanol–water partition coefficient (Wildman–Crippen LogP) is 3.79. The molecule has 4 heteroatoms. The average Bonchev–Trinajstić information content (AvgIpc) is 2.49. The van der Waals surface area contributed by atoms with Gasteiger partial charge in [-0.15, -0.1) is 0 Å². The van der Waals surface area contributed by atoms with Crippen molar-refractivity contribution in [3.63, 3.8) is 0 Å². The van der Waals surface area contributed by atoms with E-state index < -0.39 is 11.8 Å². The Hall–Kier alpha value is -2.36. The molecule has 3 nitrogen and oxygen atoms in total. The van der Waals surface area contributed by atoms with E-state index in [1.807, 2.05) is 37.3 Å². The van der Waals surface area contributed by atoms with Crippen molar-refractivity contribution in [1.29, 1.82) is 0 Å². The van der Waals surface area contributed by atoms with Crippen LogP contribution in [0.1, 0.15) is 28.9 Å². The maximum Gasteiger partial charge on any atom is 0.340 e. The number of ether oxygens (including phenoxy) is 1. The molecular formula is C16H16FNO2. The first-order valence-corrected chi connectivity index (χ1v) is 6.31. The van der Waals surface area contributed by atoms with Gasteiger partial charge in [-0.05, 0) is 30.7 Å². The van der Waals surface area contributed by atoms with Gasteiger partial charge < -0.3 is 10.1 Å². The smallest absolute Gasteiger partial charge is 0.340 e. The predicted molar refractivity (Wildman–Crippen MR) is 76.2 cm³/mol. The van der Waals surface area contributed by atoms with Gasteiger partial charge in [0.25, 0.3) is 0 Å². The molecule has 0 saturated carbocycles. The Morgan fingerprint density at radius 2 is 1.90 bits per heavy atom. The van der Waals surface area contributed by atoms with Crippen molar-refractivity contribution >= 4 is 11.7 Å². The Kier molecular flexibility index (Phi) is 4.35. The van der Waals surface area contributed by atoms with E-state index >= 15 is 0 Å². The van der Waals surface area contributed by atoms with Crippen LogP contribution in [-0.2, 0) is 4.74 Å². The fraction of sp³-hybridized carbons (Fsp3) is 0.188. The monoisotopic (exact) mass is 273 g/mol. The second-order valence-corrected chi connectivity index (χ2v) is 4.46. The summed E-state index contributed by atoms with van der Waals surface area (Å²) in [4.78, 5) is 11.7. The SMILES string of the molecule is COC(=O)c1cc(F)ccc1NC(C)c1ccccc1. The molecule has 2 rings (SSSR count). The van der Waals surface area contributed by atoms with E-state index in [2.05, 4.69) is 10.1 Å². The Bertz CT molecular complexity index is 599. The summed E-state index contributed by atoms with van der Waals surface area (Å²) in [5.41, 5.74) is 1.82. The van der Waals surface area contributed by atoms with Crippen molar-refractivity contribution in [3.05, 3.63) is 65.5 Å². The largest absolute Gasteiger partial charge is 0.465 e. The highest BCUT2D eigenvalue weighted by Crippen LogP contribution is 2.23. The minimum absolute atomic E-state index is 0.00920. The summed E-state index contributed by atoms with van der Waals surface area (Å²) in [6, 6.07) is 13.8. The minimum atomic E-state index is -0.563. The summed E-state index contributed by atoms with van der Waals surface area (Å²) in [7, 11) is 1.28. The Balaban J connectivity index is 2.27. The third kappa shape index (κ3) is 3.15. The zero-order chi connectivity index (χ0) is 14.5. The number of esters is 1. The lowest BCUT2D eigenvalue weighted by Gasteiger charge is -2.17. The first kappa shape index (κ1) is 14.1. The molecule has 0 fully saturated rings. The summed E-state index contributed by atoms with van der Waals surface area (Å²) in [5, 5.41) is 3.20. The highest BCUT2D eigenvalue weighted by Gasteiger charge is 2.15. The van der Waals surface area contributed by atoms with Crippen molar-refractivity contribution in [3.8, 4) is 0 Å². The van der Waals surface area contributed by atoms with Gasteiger partial charge in [0.1, 0.15) is 5.82 Å². The van der Waals surface area contributed by atoms with E-state index in [4.69, 9.17) is 0 Å². The molecule has 20 heavy (non-hydrogen) atoms. The van der Waals surface area contributed by atoms with Gasteiger partial charge in [-0.3, -0.25) is 0 Å². The quantitative estimate of drug-likeness (QED) is 0.861. The van der Waals surface area contributed by atoms with Crippen LogP contribution in [0, 0.1) is 5.82 Å². The number of rotatable bonds is 4. The molecule has 1 unspecified atom stereocenters. The molecule has 0 radical (unpaired) electrons. The maximum atomic E-state index is 13.3. The fourth-order valence-corrected chi connectivity index (χ4v) is 1.98. The highest BCUT2D eigenvalue weighted by molar-refractivity contribution is 5.95. The topological polar surface area (TPSA) is 38.3 Å². The van der Waals surface area contributed by atoms with Crippen LogP contribution in [0.15, 0.2) is 48.5 Å². The van der Waals surface area contributed by atoms with Gasteiger partial charge in [0.15, 0.2) is 0 Å². The second kappa shape index (κ2) is 6.19. The van der Waals surface area contributed by atoms with Crippen LogP contribution in [0.3, 0.4) is 0 Å².